The van der Waals surface area contributed by atoms with Gasteiger partial charge in [-0.3, -0.25) is 0 Å². The maximum Gasteiger partial charge on any atom is 0.338 e. The Hall–Kier alpha value is -1.51. The van der Waals surface area contributed by atoms with Crippen LogP contribution >= 0.6 is 0 Å². The molecule has 7 heteroatoms. The molecule has 0 aromatic heterocycles. The van der Waals surface area contributed by atoms with Gasteiger partial charge in [0.15, 0.2) is 6.10 Å². The van der Waals surface area contributed by atoms with Crippen LogP contribution in [0, 0.1) is 0 Å². The van der Waals surface area contributed by atoms with Crippen molar-refractivity contribution in [2.45, 2.75) is 36.6 Å². The predicted octanol–water partition coefficient (Wildman–Crippen LogP) is -1.97. The quantitative estimate of drug-likeness (QED) is 0.399. The van der Waals surface area contributed by atoms with Crippen LogP contribution in [-0.2, 0) is 4.74 Å². The molecule has 1 aromatic carbocycles. The fourth-order valence-electron chi connectivity index (χ4n) is 2.10. The molecule has 1 saturated carbocycles. The van der Waals surface area contributed by atoms with E-state index in [0.717, 1.165) is 0 Å². The summed E-state index contributed by atoms with van der Waals surface area (Å²) in [6, 6.07) is 7.87. The summed E-state index contributed by atoms with van der Waals surface area (Å²) in [7, 11) is 0. The molecular weight excluding hydrogens is 268 g/mol. The topological polar surface area (TPSA) is 127 Å². The molecule has 7 nitrogen and oxygen atoms in total. The predicted molar refractivity (Wildman–Crippen MR) is 65.7 cm³/mol. The lowest BCUT2D eigenvalue weighted by Gasteiger charge is -2.41. The standard InChI is InChI=1S/C13H16O7/c14-7-8(15)10(17)12(11(18)9(7)16)20-13(19)6-4-2-1-3-5-6/h1-5,7-12,14-18H/t7-,8-,9+,10+,11-,12-. The first-order valence-corrected chi connectivity index (χ1v) is 6.10. The Morgan fingerprint density at radius 1 is 0.800 bits per heavy atom. The van der Waals surface area contributed by atoms with E-state index in [1.807, 2.05) is 0 Å². The van der Waals surface area contributed by atoms with Crippen LogP contribution in [0.5, 0.6) is 0 Å². The van der Waals surface area contributed by atoms with E-state index in [-0.39, 0.29) is 5.56 Å². The molecule has 1 aliphatic rings. The minimum absolute atomic E-state index is 0.196. The van der Waals surface area contributed by atoms with Gasteiger partial charge in [-0.1, -0.05) is 18.2 Å². The van der Waals surface area contributed by atoms with Crippen molar-refractivity contribution in [3.05, 3.63) is 35.9 Å². The van der Waals surface area contributed by atoms with E-state index < -0.39 is 42.6 Å². The molecule has 1 fully saturated rings. The molecule has 0 amide bonds. The Balaban J connectivity index is 2.13. The monoisotopic (exact) mass is 284 g/mol. The summed E-state index contributed by atoms with van der Waals surface area (Å²) in [5.41, 5.74) is 0.196. The van der Waals surface area contributed by atoms with Gasteiger partial charge in [-0.05, 0) is 12.1 Å². The van der Waals surface area contributed by atoms with E-state index in [4.69, 9.17) is 4.74 Å². The molecule has 0 bridgehead atoms. The number of aliphatic hydroxyl groups is 5. The second kappa shape index (κ2) is 5.86. The molecule has 1 aliphatic carbocycles. The molecule has 6 atom stereocenters. The van der Waals surface area contributed by atoms with Gasteiger partial charge in [0.25, 0.3) is 0 Å². The van der Waals surface area contributed by atoms with Crippen LogP contribution in [0.15, 0.2) is 30.3 Å². The van der Waals surface area contributed by atoms with Crippen LogP contribution in [-0.4, -0.2) is 68.1 Å². The summed E-state index contributed by atoms with van der Waals surface area (Å²) in [5, 5.41) is 47.9. The van der Waals surface area contributed by atoms with Gasteiger partial charge < -0.3 is 30.3 Å². The molecule has 5 N–H and O–H groups in total. The van der Waals surface area contributed by atoms with E-state index in [2.05, 4.69) is 0 Å². The van der Waals surface area contributed by atoms with Gasteiger partial charge in [-0.25, -0.2) is 4.79 Å². The molecule has 20 heavy (non-hydrogen) atoms. The third kappa shape index (κ3) is 2.67. The fraction of sp³-hybridized carbons (Fsp3) is 0.462. The van der Waals surface area contributed by atoms with E-state index in [0.29, 0.717) is 0 Å². The van der Waals surface area contributed by atoms with Gasteiger partial charge in [-0.2, -0.15) is 0 Å². The zero-order valence-electron chi connectivity index (χ0n) is 10.4. The highest BCUT2D eigenvalue weighted by atomic mass is 16.6. The number of ether oxygens (including phenoxy) is 1. The van der Waals surface area contributed by atoms with Crippen molar-refractivity contribution in [2.24, 2.45) is 0 Å². The number of hydrogen-bond acceptors (Lipinski definition) is 7. The van der Waals surface area contributed by atoms with Crippen LogP contribution in [0.3, 0.4) is 0 Å². The summed E-state index contributed by atoms with van der Waals surface area (Å²) in [4.78, 5) is 11.8. The largest absolute Gasteiger partial charge is 0.453 e. The summed E-state index contributed by atoms with van der Waals surface area (Å²) >= 11 is 0. The number of rotatable bonds is 2. The molecule has 0 saturated heterocycles. The smallest absolute Gasteiger partial charge is 0.338 e. The van der Waals surface area contributed by atoms with Crippen molar-refractivity contribution in [2.75, 3.05) is 0 Å². The summed E-state index contributed by atoms with van der Waals surface area (Å²) in [5.74, 6) is -0.815. The van der Waals surface area contributed by atoms with E-state index in [9.17, 15) is 30.3 Å². The highest BCUT2D eigenvalue weighted by Gasteiger charge is 2.50. The van der Waals surface area contributed by atoms with Crippen LogP contribution in [0.25, 0.3) is 0 Å². The second-order valence-electron chi connectivity index (χ2n) is 4.69. The van der Waals surface area contributed by atoms with Crippen LogP contribution in [0.1, 0.15) is 10.4 Å². The molecule has 0 aliphatic heterocycles. The van der Waals surface area contributed by atoms with Gasteiger partial charge >= 0.3 is 5.97 Å². The Labute approximate surface area is 114 Å². The molecular formula is C13H16O7. The summed E-state index contributed by atoms with van der Waals surface area (Å²) < 4.78 is 4.92. The molecule has 0 unspecified atom stereocenters. The van der Waals surface area contributed by atoms with Crippen LogP contribution in [0.2, 0.25) is 0 Å². The lowest BCUT2D eigenvalue weighted by Crippen LogP contribution is -2.64. The first kappa shape index (κ1) is 14.9. The lowest BCUT2D eigenvalue weighted by atomic mass is 9.85. The highest BCUT2D eigenvalue weighted by molar-refractivity contribution is 5.89. The molecule has 2 rings (SSSR count). The van der Waals surface area contributed by atoms with Gasteiger partial charge in [0, 0.05) is 0 Å². The van der Waals surface area contributed by atoms with Gasteiger partial charge in [0.2, 0.25) is 0 Å². The van der Waals surface area contributed by atoms with E-state index >= 15 is 0 Å². The number of carbonyl (C=O) groups is 1. The number of hydrogen-bond donors (Lipinski definition) is 5. The van der Waals surface area contributed by atoms with E-state index in [1.165, 1.54) is 12.1 Å². The van der Waals surface area contributed by atoms with Crippen molar-refractivity contribution in [1.82, 2.24) is 0 Å². The molecule has 110 valence electrons. The third-order valence-electron chi connectivity index (χ3n) is 3.33. The van der Waals surface area contributed by atoms with Crippen LogP contribution < -0.4 is 0 Å². The van der Waals surface area contributed by atoms with Crippen LogP contribution in [0.4, 0.5) is 0 Å². The Morgan fingerprint density at radius 2 is 1.25 bits per heavy atom. The van der Waals surface area contributed by atoms with Crippen molar-refractivity contribution in [3.8, 4) is 0 Å². The molecule has 1 aromatic rings. The number of carbonyl (C=O) groups excluding carboxylic acids is 1. The fourth-order valence-corrected chi connectivity index (χ4v) is 2.10. The average Bonchev–Trinajstić information content (AvgIpc) is 2.48. The van der Waals surface area contributed by atoms with Gasteiger partial charge in [0.1, 0.15) is 30.5 Å². The maximum absolute atomic E-state index is 11.8. The SMILES string of the molecule is O=C(O[C@H]1[C@H](O)[C@@H](O)[C@H](O)[C@@H](O)[C@@H]1O)c1ccccc1. The Kier molecular flexibility index (Phi) is 4.36. The first-order valence-electron chi connectivity index (χ1n) is 6.10. The van der Waals surface area contributed by atoms with Crippen molar-refractivity contribution in [3.63, 3.8) is 0 Å². The minimum Gasteiger partial charge on any atom is -0.453 e. The van der Waals surface area contributed by atoms with Gasteiger partial charge in [-0.15, -0.1) is 0 Å². The third-order valence-corrected chi connectivity index (χ3v) is 3.33. The normalized spacial score (nSPS) is 37.5. The molecule has 0 spiro atoms. The highest BCUT2D eigenvalue weighted by Crippen LogP contribution is 2.24. The zero-order valence-corrected chi connectivity index (χ0v) is 10.4. The first-order chi connectivity index (χ1) is 9.43. The molecule has 0 heterocycles. The number of esters is 1. The van der Waals surface area contributed by atoms with Crippen molar-refractivity contribution in [1.29, 1.82) is 0 Å². The van der Waals surface area contributed by atoms with Crippen molar-refractivity contribution >= 4 is 5.97 Å². The number of benzene rings is 1. The molecule has 0 radical (unpaired) electrons. The summed E-state index contributed by atoms with van der Waals surface area (Å²) in [6.45, 7) is 0. The Bertz CT molecular complexity index is 447. The van der Waals surface area contributed by atoms with Gasteiger partial charge in [0.05, 0.1) is 5.56 Å². The zero-order chi connectivity index (χ0) is 14.9. The minimum atomic E-state index is -1.72. The van der Waals surface area contributed by atoms with Crippen molar-refractivity contribution < 1.29 is 35.1 Å². The lowest BCUT2D eigenvalue weighted by molar-refractivity contribution is -0.223. The number of aliphatic hydroxyl groups excluding tert-OH is 5. The van der Waals surface area contributed by atoms with E-state index in [1.54, 1.807) is 18.2 Å². The second-order valence-corrected chi connectivity index (χ2v) is 4.69. The summed E-state index contributed by atoms with van der Waals surface area (Å²) in [6.07, 6.45) is -10.1. The Morgan fingerprint density at radius 3 is 1.75 bits per heavy atom. The maximum atomic E-state index is 11.8. The average molecular weight is 284 g/mol.